The molecule has 1 heterocycles. The van der Waals surface area contributed by atoms with Crippen LogP contribution in [0.15, 0.2) is 47.6 Å². The highest BCUT2D eigenvalue weighted by Crippen LogP contribution is 2.26. The van der Waals surface area contributed by atoms with Crippen LogP contribution in [0.3, 0.4) is 0 Å². The third-order valence-corrected chi connectivity index (χ3v) is 5.60. The lowest BCUT2D eigenvalue weighted by Gasteiger charge is -2.14. The molecule has 1 aromatic heterocycles. The quantitative estimate of drug-likeness (QED) is 0.397. The third-order valence-electron chi connectivity index (χ3n) is 4.64. The molecule has 0 aliphatic carbocycles. The number of hydrogen-bond donors (Lipinski definition) is 3. The first-order valence-electron chi connectivity index (χ1n) is 9.64. The molecule has 3 rings (SSSR count). The number of hydrogen-bond acceptors (Lipinski definition) is 6. The number of carbonyl (C=O) groups excluding carboxylic acids is 2. The molecule has 8 heteroatoms. The molecular weight excluding hydrogens is 398 g/mol. The highest BCUT2D eigenvalue weighted by atomic mass is 32.2. The standard InChI is InChI=1S/C22H25N5O2S/c1-13-8-7-9-14(2)19(13)26-18(28)12-24-21(29)15(3)30-22-25-17-11-6-5-10-16(17)20(23-4)27-22/h5-11,15H,12H2,1-4H3,(H,24,29)(H,26,28)(H,23,25,27). The van der Waals surface area contributed by atoms with Gasteiger partial charge < -0.3 is 16.0 Å². The van der Waals surface area contributed by atoms with Crippen LogP contribution in [0.4, 0.5) is 11.5 Å². The second kappa shape index (κ2) is 9.58. The number of para-hydroxylation sites is 2. The molecule has 3 aromatic rings. The van der Waals surface area contributed by atoms with E-state index in [-0.39, 0.29) is 18.4 Å². The van der Waals surface area contributed by atoms with E-state index in [2.05, 4.69) is 25.9 Å². The van der Waals surface area contributed by atoms with Crippen LogP contribution in [0.1, 0.15) is 18.1 Å². The number of nitrogens with zero attached hydrogens (tertiary/aromatic N) is 2. The Morgan fingerprint density at radius 3 is 2.43 bits per heavy atom. The summed E-state index contributed by atoms with van der Waals surface area (Å²) in [5.41, 5.74) is 3.54. The number of fused-ring (bicyclic) bond motifs is 1. The molecule has 0 saturated heterocycles. The summed E-state index contributed by atoms with van der Waals surface area (Å²) < 4.78 is 0. The van der Waals surface area contributed by atoms with Crippen molar-refractivity contribution < 1.29 is 9.59 Å². The van der Waals surface area contributed by atoms with Crippen LogP contribution >= 0.6 is 11.8 Å². The maximum Gasteiger partial charge on any atom is 0.243 e. The van der Waals surface area contributed by atoms with E-state index in [1.165, 1.54) is 11.8 Å². The van der Waals surface area contributed by atoms with Crippen LogP contribution in [0.25, 0.3) is 10.9 Å². The van der Waals surface area contributed by atoms with Crippen LogP contribution in [0.5, 0.6) is 0 Å². The molecule has 0 aliphatic rings. The smallest absolute Gasteiger partial charge is 0.243 e. The number of benzene rings is 2. The minimum atomic E-state index is -0.455. The van der Waals surface area contributed by atoms with E-state index in [9.17, 15) is 9.59 Å². The minimum Gasteiger partial charge on any atom is -0.372 e. The van der Waals surface area contributed by atoms with Gasteiger partial charge >= 0.3 is 0 Å². The zero-order chi connectivity index (χ0) is 21.7. The maximum absolute atomic E-state index is 12.5. The van der Waals surface area contributed by atoms with E-state index in [0.717, 1.165) is 27.7 Å². The Morgan fingerprint density at radius 2 is 1.73 bits per heavy atom. The number of rotatable bonds is 7. The highest BCUT2D eigenvalue weighted by molar-refractivity contribution is 8.00. The molecule has 0 saturated carbocycles. The Labute approximate surface area is 180 Å². The lowest BCUT2D eigenvalue weighted by atomic mass is 10.1. The van der Waals surface area contributed by atoms with Crippen molar-refractivity contribution in [2.45, 2.75) is 31.2 Å². The predicted octanol–water partition coefficient (Wildman–Crippen LogP) is 3.52. The lowest BCUT2D eigenvalue weighted by Crippen LogP contribution is -2.37. The van der Waals surface area contributed by atoms with Gasteiger partial charge in [-0.05, 0) is 44.0 Å². The Kier molecular flexibility index (Phi) is 6.89. The van der Waals surface area contributed by atoms with Crippen LogP contribution in [0, 0.1) is 13.8 Å². The van der Waals surface area contributed by atoms with E-state index in [0.29, 0.717) is 11.0 Å². The number of aromatic nitrogens is 2. The topological polar surface area (TPSA) is 96.0 Å². The number of carbonyl (C=O) groups is 2. The van der Waals surface area contributed by atoms with Gasteiger partial charge in [-0.1, -0.05) is 42.1 Å². The van der Waals surface area contributed by atoms with Gasteiger partial charge in [0.2, 0.25) is 11.8 Å². The van der Waals surface area contributed by atoms with E-state index in [1.54, 1.807) is 14.0 Å². The molecule has 0 aliphatic heterocycles. The van der Waals surface area contributed by atoms with Crippen molar-refractivity contribution in [3.8, 4) is 0 Å². The second-order valence-electron chi connectivity index (χ2n) is 6.91. The predicted molar refractivity (Wildman–Crippen MR) is 122 cm³/mol. The second-order valence-corrected chi connectivity index (χ2v) is 8.22. The van der Waals surface area contributed by atoms with Crippen LogP contribution < -0.4 is 16.0 Å². The number of anilines is 2. The van der Waals surface area contributed by atoms with Crippen molar-refractivity contribution in [2.24, 2.45) is 0 Å². The van der Waals surface area contributed by atoms with Crippen LogP contribution in [0.2, 0.25) is 0 Å². The Balaban J connectivity index is 1.60. The SMILES string of the molecule is CNc1nc(SC(C)C(=O)NCC(=O)Nc2c(C)cccc2C)nc2ccccc12. The molecule has 3 N–H and O–H groups in total. The molecule has 1 atom stereocenters. The minimum absolute atomic E-state index is 0.0994. The monoisotopic (exact) mass is 423 g/mol. The van der Waals surface area contributed by atoms with Crippen molar-refractivity contribution in [3.63, 3.8) is 0 Å². The number of amides is 2. The van der Waals surface area contributed by atoms with Gasteiger partial charge in [-0.2, -0.15) is 0 Å². The van der Waals surface area contributed by atoms with Crippen molar-refractivity contribution in [2.75, 3.05) is 24.2 Å². The van der Waals surface area contributed by atoms with Crippen LogP contribution in [-0.2, 0) is 9.59 Å². The van der Waals surface area contributed by atoms with E-state index < -0.39 is 5.25 Å². The Hall–Kier alpha value is -3.13. The van der Waals surface area contributed by atoms with Crippen molar-refractivity contribution in [1.82, 2.24) is 15.3 Å². The molecule has 0 spiro atoms. The van der Waals surface area contributed by atoms with Crippen molar-refractivity contribution in [3.05, 3.63) is 53.6 Å². The van der Waals surface area contributed by atoms with Gasteiger partial charge in [0, 0.05) is 18.1 Å². The lowest BCUT2D eigenvalue weighted by molar-refractivity contribution is -0.123. The Morgan fingerprint density at radius 1 is 1.03 bits per heavy atom. The zero-order valence-electron chi connectivity index (χ0n) is 17.4. The first-order chi connectivity index (χ1) is 14.4. The average Bonchev–Trinajstić information content (AvgIpc) is 2.74. The van der Waals surface area contributed by atoms with E-state index >= 15 is 0 Å². The number of aryl methyl sites for hydroxylation is 2. The summed E-state index contributed by atoms with van der Waals surface area (Å²) in [6.07, 6.45) is 0. The molecule has 2 amide bonds. The summed E-state index contributed by atoms with van der Waals surface area (Å²) in [6.45, 7) is 5.53. The Bertz CT molecular complexity index is 1070. The van der Waals surface area contributed by atoms with Crippen LogP contribution in [-0.4, -0.2) is 40.6 Å². The largest absolute Gasteiger partial charge is 0.372 e. The van der Waals surface area contributed by atoms with Gasteiger partial charge in [-0.25, -0.2) is 9.97 Å². The fraction of sp³-hybridized carbons (Fsp3) is 0.273. The van der Waals surface area contributed by atoms with Gasteiger partial charge in [0.05, 0.1) is 17.3 Å². The molecule has 0 radical (unpaired) electrons. The van der Waals surface area contributed by atoms with Gasteiger partial charge in [-0.3, -0.25) is 9.59 Å². The van der Waals surface area contributed by atoms with Gasteiger partial charge in [-0.15, -0.1) is 0 Å². The molecule has 0 bridgehead atoms. The summed E-state index contributed by atoms with van der Waals surface area (Å²) in [7, 11) is 1.80. The highest BCUT2D eigenvalue weighted by Gasteiger charge is 2.18. The summed E-state index contributed by atoms with van der Waals surface area (Å²) in [5, 5.41) is 9.58. The van der Waals surface area contributed by atoms with E-state index in [4.69, 9.17) is 0 Å². The van der Waals surface area contributed by atoms with E-state index in [1.807, 2.05) is 56.3 Å². The first kappa shape index (κ1) is 21.6. The molecule has 7 nitrogen and oxygen atoms in total. The average molecular weight is 424 g/mol. The molecule has 30 heavy (non-hydrogen) atoms. The summed E-state index contributed by atoms with van der Waals surface area (Å²) >= 11 is 1.25. The first-order valence-corrected chi connectivity index (χ1v) is 10.5. The molecule has 2 aromatic carbocycles. The molecule has 0 fully saturated rings. The molecule has 156 valence electrons. The maximum atomic E-state index is 12.5. The fourth-order valence-electron chi connectivity index (χ4n) is 3.02. The fourth-order valence-corrected chi connectivity index (χ4v) is 3.82. The molecular formula is C22H25N5O2S. The number of thioether (sulfide) groups is 1. The van der Waals surface area contributed by atoms with Crippen molar-refractivity contribution >= 4 is 46.0 Å². The van der Waals surface area contributed by atoms with Gasteiger partial charge in [0.15, 0.2) is 5.16 Å². The summed E-state index contributed by atoms with van der Waals surface area (Å²) in [4.78, 5) is 33.8. The summed E-state index contributed by atoms with van der Waals surface area (Å²) in [6, 6.07) is 13.5. The van der Waals surface area contributed by atoms with Crippen molar-refractivity contribution in [1.29, 1.82) is 0 Å². The molecule has 1 unspecified atom stereocenters. The summed E-state index contributed by atoms with van der Waals surface area (Å²) in [5.74, 6) is 0.195. The normalized spacial score (nSPS) is 11.7. The zero-order valence-corrected chi connectivity index (χ0v) is 18.3. The van der Waals surface area contributed by atoms with Gasteiger partial charge in [0.1, 0.15) is 5.82 Å². The third kappa shape index (κ3) is 5.07. The number of nitrogens with one attached hydrogen (secondary N) is 3. The van der Waals surface area contributed by atoms with Gasteiger partial charge in [0.25, 0.3) is 0 Å².